The van der Waals surface area contributed by atoms with Crippen LogP contribution in [-0.4, -0.2) is 33.0 Å². The fourth-order valence-electron chi connectivity index (χ4n) is 3.44. The average Bonchev–Trinajstić information content (AvgIpc) is 3.14. The van der Waals surface area contributed by atoms with Gasteiger partial charge in [-0.25, -0.2) is 9.78 Å². The minimum absolute atomic E-state index is 0.163. The van der Waals surface area contributed by atoms with Crippen molar-refractivity contribution in [3.05, 3.63) is 48.0 Å². The van der Waals surface area contributed by atoms with Gasteiger partial charge in [-0.15, -0.1) is 0 Å². The lowest BCUT2D eigenvalue weighted by atomic mass is 9.84. The Labute approximate surface area is 139 Å². The third-order valence-electron chi connectivity index (χ3n) is 4.70. The molecule has 1 spiro atoms. The van der Waals surface area contributed by atoms with Gasteiger partial charge in [-0.3, -0.25) is 9.69 Å². The summed E-state index contributed by atoms with van der Waals surface area (Å²) in [5.41, 5.74) is -0.314. The molecule has 1 atom stereocenters. The normalized spacial score (nSPS) is 22.5. The van der Waals surface area contributed by atoms with Crippen molar-refractivity contribution in [2.24, 2.45) is 0 Å². The molecule has 2 aromatic rings. The zero-order valence-corrected chi connectivity index (χ0v) is 13.4. The van der Waals surface area contributed by atoms with Gasteiger partial charge in [0.1, 0.15) is 11.6 Å². The van der Waals surface area contributed by atoms with Crippen molar-refractivity contribution < 1.29 is 14.3 Å². The van der Waals surface area contributed by atoms with Crippen molar-refractivity contribution in [2.75, 3.05) is 6.61 Å². The van der Waals surface area contributed by atoms with Crippen LogP contribution in [0.25, 0.3) is 0 Å². The van der Waals surface area contributed by atoms with Crippen LogP contribution in [0.4, 0.5) is 4.79 Å². The molecule has 24 heavy (non-hydrogen) atoms. The van der Waals surface area contributed by atoms with Gasteiger partial charge in [-0.05, 0) is 13.0 Å². The average molecular weight is 326 g/mol. The molecular weight excluding hydrogens is 308 g/mol. The molecule has 1 aromatic carbocycles. The maximum Gasteiger partial charge on any atom is 0.325 e. The molecule has 1 aromatic heterocycles. The number of aryl methyl sites for hydroxylation is 1. The number of benzene rings is 1. The first-order valence-electron chi connectivity index (χ1n) is 8.02. The van der Waals surface area contributed by atoms with E-state index in [4.69, 9.17) is 4.74 Å². The lowest BCUT2D eigenvalue weighted by molar-refractivity contribution is -0.133. The molecule has 2 aliphatic heterocycles. The first kappa shape index (κ1) is 14.7. The highest BCUT2D eigenvalue weighted by Gasteiger charge is 2.54. The molecule has 1 unspecified atom stereocenters. The van der Waals surface area contributed by atoms with Crippen LogP contribution >= 0.6 is 0 Å². The Kier molecular flexibility index (Phi) is 3.30. The SMILES string of the molecule is CCn1ccnc1CN1C(=O)NC2(CCOc3ccccc32)C1=O. The molecule has 4 rings (SSSR count). The summed E-state index contributed by atoms with van der Waals surface area (Å²) in [6.07, 6.45) is 3.94. The van der Waals surface area contributed by atoms with E-state index in [-0.39, 0.29) is 18.5 Å². The molecule has 7 heteroatoms. The van der Waals surface area contributed by atoms with E-state index in [1.807, 2.05) is 42.0 Å². The Bertz CT molecular complexity index is 816. The number of para-hydroxylation sites is 1. The third-order valence-corrected chi connectivity index (χ3v) is 4.70. The number of carbonyl (C=O) groups is 2. The van der Waals surface area contributed by atoms with Crippen LogP contribution in [0.2, 0.25) is 0 Å². The first-order valence-corrected chi connectivity index (χ1v) is 8.02. The minimum Gasteiger partial charge on any atom is -0.493 e. The van der Waals surface area contributed by atoms with Gasteiger partial charge in [0.25, 0.3) is 5.91 Å². The van der Waals surface area contributed by atoms with Crippen LogP contribution in [-0.2, 0) is 23.4 Å². The van der Waals surface area contributed by atoms with Crippen LogP contribution < -0.4 is 10.1 Å². The number of nitrogens with zero attached hydrogens (tertiary/aromatic N) is 3. The molecule has 1 saturated heterocycles. The van der Waals surface area contributed by atoms with Crippen molar-refractivity contribution >= 4 is 11.9 Å². The smallest absolute Gasteiger partial charge is 0.325 e. The molecule has 3 heterocycles. The Morgan fingerprint density at radius 2 is 2.17 bits per heavy atom. The third kappa shape index (κ3) is 2.01. The summed E-state index contributed by atoms with van der Waals surface area (Å²) < 4.78 is 7.55. The topological polar surface area (TPSA) is 76.5 Å². The van der Waals surface area contributed by atoms with E-state index in [9.17, 15) is 9.59 Å². The van der Waals surface area contributed by atoms with Gasteiger partial charge in [0, 0.05) is 30.9 Å². The summed E-state index contributed by atoms with van der Waals surface area (Å²) in [6, 6.07) is 6.98. The largest absolute Gasteiger partial charge is 0.493 e. The fourth-order valence-corrected chi connectivity index (χ4v) is 3.44. The van der Waals surface area contributed by atoms with E-state index in [1.165, 1.54) is 4.90 Å². The second-order valence-corrected chi connectivity index (χ2v) is 5.95. The molecule has 124 valence electrons. The summed E-state index contributed by atoms with van der Waals surface area (Å²) in [5.74, 6) is 1.10. The minimum atomic E-state index is -1.03. The van der Waals surface area contributed by atoms with Crippen LogP contribution in [0.15, 0.2) is 36.7 Å². The van der Waals surface area contributed by atoms with Crippen LogP contribution in [0, 0.1) is 0 Å². The summed E-state index contributed by atoms with van der Waals surface area (Å²) >= 11 is 0. The van der Waals surface area contributed by atoms with Crippen molar-refractivity contribution in [1.29, 1.82) is 0 Å². The van der Waals surface area contributed by atoms with Gasteiger partial charge in [-0.2, -0.15) is 0 Å². The number of nitrogens with one attached hydrogen (secondary N) is 1. The first-order chi connectivity index (χ1) is 11.7. The maximum atomic E-state index is 13.1. The van der Waals surface area contributed by atoms with E-state index in [1.54, 1.807) is 6.20 Å². The van der Waals surface area contributed by atoms with Crippen molar-refractivity contribution in [3.63, 3.8) is 0 Å². The quantitative estimate of drug-likeness (QED) is 0.870. The molecule has 3 amide bonds. The number of hydrogen-bond acceptors (Lipinski definition) is 4. The molecule has 7 nitrogen and oxygen atoms in total. The lowest BCUT2D eigenvalue weighted by Crippen LogP contribution is -2.47. The zero-order valence-electron chi connectivity index (χ0n) is 13.4. The second kappa shape index (κ2) is 5.36. The Morgan fingerprint density at radius 3 is 3.00 bits per heavy atom. The zero-order chi connectivity index (χ0) is 16.7. The van der Waals surface area contributed by atoms with Crippen molar-refractivity contribution in [3.8, 4) is 5.75 Å². The molecule has 0 radical (unpaired) electrons. The maximum absolute atomic E-state index is 13.1. The van der Waals surface area contributed by atoms with Crippen LogP contribution in [0.1, 0.15) is 24.7 Å². The van der Waals surface area contributed by atoms with Crippen LogP contribution in [0.3, 0.4) is 0 Å². The number of fused-ring (bicyclic) bond motifs is 2. The highest BCUT2D eigenvalue weighted by molar-refractivity contribution is 6.07. The number of aromatic nitrogens is 2. The number of amides is 3. The van der Waals surface area contributed by atoms with E-state index >= 15 is 0 Å². The van der Waals surface area contributed by atoms with E-state index in [0.29, 0.717) is 24.6 Å². The predicted molar refractivity (Wildman–Crippen MR) is 85.2 cm³/mol. The Hall–Kier alpha value is -2.83. The van der Waals surface area contributed by atoms with Crippen molar-refractivity contribution in [1.82, 2.24) is 19.8 Å². The van der Waals surface area contributed by atoms with Gasteiger partial charge < -0.3 is 14.6 Å². The standard InChI is InChI=1S/C17H18N4O3/c1-2-20-9-8-18-14(20)11-21-15(22)17(19-16(21)23)7-10-24-13-6-4-3-5-12(13)17/h3-6,8-9H,2,7,10-11H2,1H3,(H,19,23). The highest BCUT2D eigenvalue weighted by Crippen LogP contribution is 2.41. The predicted octanol–water partition coefficient (Wildman–Crippen LogP) is 1.63. The summed E-state index contributed by atoms with van der Waals surface area (Å²) in [6.45, 7) is 3.28. The number of ether oxygens (including phenoxy) is 1. The van der Waals surface area contributed by atoms with Gasteiger partial charge in [0.05, 0.1) is 13.2 Å². The summed E-state index contributed by atoms with van der Waals surface area (Å²) in [5, 5.41) is 2.90. The van der Waals surface area contributed by atoms with Crippen molar-refractivity contribution in [2.45, 2.75) is 32.0 Å². The molecule has 0 saturated carbocycles. The highest BCUT2D eigenvalue weighted by atomic mass is 16.5. The van der Waals surface area contributed by atoms with Gasteiger partial charge in [0.2, 0.25) is 0 Å². The van der Waals surface area contributed by atoms with E-state index < -0.39 is 5.54 Å². The van der Waals surface area contributed by atoms with Gasteiger partial charge >= 0.3 is 6.03 Å². The number of carbonyl (C=O) groups excluding carboxylic acids is 2. The molecule has 1 N–H and O–H groups in total. The molecular formula is C17H18N4O3. The number of rotatable bonds is 3. The van der Waals surface area contributed by atoms with E-state index in [0.717, 1.165) is 12.1 Å². The molecule has 2 aliphatic rings. The number of hydrogen-bond donors (Lipinski definition) is 1. The summed E-state index contributed by atoms with van der Waals surface area (Å²) in [7, 11) is 0. The monoisotopic (exact) mass is 326 g/mol. The summed E-state index contributed by atoms with van der Waals surface area (Å²) in [4.78, 5) is 31.1. The molecule has 1 fully saturated rings. The molecule has 0 bridgehead atoms. The number of imide groups is 1. The van der Waals surface area contributed by atoms with Gasteiger partial charge in [-0.1, -0.05) is 18.2 Å². The number of urea groups is 1. The fraction of sp³-hybridized carbons (Fsp3) is 0.353. The van der Waals surface area contributed by atoms with Gasteiger partial charge in [0.15, 0.2) is 5.54 Å². The number of imidazole rings is 1. The second-order valence-electron chi connectivity index (χ2n) is 5.95. The van der Waals surface area contributed by atoms with Crippen LogP contribution in [0.5, 0.6) is 5.75 Å². The molecule has 0 aliphatic carbocycles. The Balaban J connectivity index is 1.70. The van der Waals surface area contributed by atoms with E-state index in [2.05, 4.69) is 10.3 Å². The lowest BCUT2D eigenvalue weighted by Gasteiger charge is -2.33. The Morgan fingerprint density at radius 1 is 1.33 bits per heavy atom.